The summed E-state index contributed by atoms with van der Waals surface area (Å²) in [6.07, 6.45) is 10.9. The van der Waals surface area contributed by atoms with Crippen molar-refractivity contribution in [2.45, 2.75) is 66.0 Å². The number of allylic oxidation sites excluding steroid dienone is 2. The van der Waals surface area contributed by atoms with E-state index in [0.29, 0.717) is 41.1 Å². The van der Waals surface area contributed by atoms with Crippen LogP contribution in [-0.2, 0) is 11.3 Å². The van der Waals surface area contributed by atoms with Crippen molar-refractivity contribution in [3.05, 3.63) is 60.6 Å². The van der Waals surface area contributed by atoms with Crippen LogP contribution in [0.4, 0.5) is 0 Å². The van der Waals surface area contributed by atoms with Gasteiger partial charge in [0.25, 0.3) is 0 Å². The molecule has 10 heteroatoms. The minimum atomic E-state index is -0.164. The Morgan fingerprint density at radius 2 is 2.00 bits per heavy atom. The van der Waals surface area contributed by atoms with Gasteiger partial charge < -0.3 is 4.90 Å². The number of piperidine rings is 1. The summed E-state index contributed by atoms with van der Waals surface area (Å²) in [7, 11) is 0.676. The first-order valence-electron chi connectivity index (χ1n) is 12.9. The van der Waals surface area contributed by atoms with Crippen LogP contribution in [-0.4, -0.2) is 66.2 Å². The quantitative estimate of drug-likeness (QED) is 0.261. The number of Topliss-reactive ketones (excluding diaryl/α,β-unsaturated/α-hetero) is 1. The molecule has 0 bridgehead atoms. The van der Waals surface area contributed by atoms with Gasteiger partial charge in [-0.05, 0) is 45.1 Å². The topological polar surface area (TPSA) is 106 Å². The highest BCUT2D eigenvalue weighted by Gasteiger charge is 2.62. The Hall–Kier alpha value is -3.95. The Morgan fingerprint density at radius 3 is 2.66 bits per heavy atom. The highest BCUT2D eigenvalue weighted by Crippen LogP contribution is 2.59. The van der Waals surface area contributed by atoms with Gasteiger partial charge in [-0.15, -0.1) is 0 Å². The first-order chi connectivity index (χ1) is 18.1. The molecule has 3 atom stereocenters. The average molecular weight is 509 g/mol. The van der Waals surface area contributed by atoms with Gasteiger partial charge in [-0.2, -0.15) is 5.10 Å². The van der Waals surface area contributed by atoms with Gasteiger partial charge in [-0.3, -0.25) is 24.2 Å². The smallest absolute Gasteiger partial charge is 0.244 e. The van der Waals surface area contributed by atoms with E-state index in [1.165, 1.54) is 6.92 Å². The summed E-state index contributed by atoms with van der Waals surface area (Å²) in [4.78, 5) is 46.1. The number of aliphatic imine (C=N–C) groups is 1. The number of ketones is 1. The molecule has 1 saturated carbocycles. The van der Waals surface area contributed by atoms with E-state index in [0.717, 1.165) is 24.0 Å². The predicted octanol–water partition coefficient (Wildman–Crippen LogP) is 3.60. The Labute approximate surface area is 223 Å². The van der Waals surface area contributed by atoms with E-state index >= 15 is 0 Å². The summed E-state index contributed by atoms with van der Waals surface area (Å²) in [6.45, 7) is 13.2. The molecular formula is C28H32BN7O2. The number of carbonyl (C=O) groups excluding carboxylic acids is 2. The lowest BCUT2D eigenvalue weighted by Gasteiger charge is -2.27. The number of carbonyl (C=O) groups is 2. The molecule has 0 N–H and O–H groups in total. The van der Waals surface area contributed by atoms with Crippen LogP contribution in [0.3, 0.4) is 0 Å². The lowest BCUT2D eigenvalue weighted by molar-refractivity contribution is -0.132. The molecule has 3 unspecified atom stereocenters. The summed E-state index contributed by atoms with van der Waals surface area (Å²) in [6, 6.07) is 2.06. The molecule has 5 rings (SSSR count). The zero-order chi connectivity index (χ0) is 27.2. The monoisotopic (exact) mass is 509 g/mol. The summed E-state index contributed by atoms with van der Waals surface area (Å²) in [5, 5.41) is 5.29. The van der Waals surface area contributed by atoms with Gasteiger partial charge in [0, 0.05) is 54.1 Å². The maximum Gasteiger partial charge on any atom is 0.244 e. The van der Waals surface area contributed by atoms with Crippen molar-refractivity contribution in [3.63, 3.8) is 0 Å². The SMILES string of the molecule is C=C/N=C(BC1CC2(C)CC2N1C(=O)Cn1nc(C(C)=O)c2cc(-c3cnc(C)nc3)nc(C)c21)\C=C/C. The van der Waals surface area contributed by atoms with E-state index < -0.39 is 0 Å². The lowest BCUT2D eigenvalue weighted by Crippen LogP contribution is -2.45. The van der Waals surface area contributed by atoms with Crippen LogP contribution < -0.4 is 0 Å². The van der Waals surface area contributed by atoms with Crippen LogP contribution >= 0.6 is 0 Å². The van der Waals surface area contributed by atoms with Gasteiger partial charge in [0.1, 0.15) is 18.1 Å². The normalized spacial score (nSPS) is 22.7. The molecular weight excluding hydrogens is 477 g/mol. The minimum Gasteiger partial charge on any atom is -0.342 e. The van der Waals surface area contributed by atoms with E-state index in [1.807, 2.05) is 43.9 Å². The number of hydrogen-bond donors (Lipinski definition) is 0. The van der Waals surface area contributed by atoms with E-state index in [9.17, 15) is 9.59 Å². The molecule has 1 aliphatic heterocycles. The van der Waals surface area contributed by atoms with Gasteiger partial charge in [-0.1, -0.05) is 25.7 Å². The number of fused-ring (bicyclic) bond motifs is 2. The molecule has 2 fully saturated rings. The fourth-order valence-corrected chi connectivity index (χ4v) is 5.84. The molecule has 4 heterocycles. The standard InChI is InChI=1S/C28H32BN7O2/c1-7-9-23(30-8-2)29-24-12-28(6)11-22(28)36(24)25(38)15-35-27-16(3)33-21(19-13-31-18(5)32-14-19)10-20(27)26(34-35)17(4)37/h7-10,13-14,22,24,29H,2,11-12,15H2,1,3-6H3/b9-7-,30-23+. The summed E-state index contributed by atoms with van der Waals surface area (Å²) >= 11 is 0. The first-order valence-corrected chi connectivity index (χ1v) is 12.9. The zero-order valence-corrected chi connectivity index (χ0v) is 22.6. The van der Waals surface area contributed by atoms with Crippen LogP contribution in [0.15, 0.2) is 48.4 Å². The second kappa shape index (κ2) is 9.74. The van der Waals surface area contributed by atoms with Crippen LogP contribution in [0, 0.1) is 19.3 Å². The van der Waals surface area contributed by atoms with Crippen LogP contribution in [0.1, 0.15) is 55.6 Å². The van der Waals surface area contributed by atoms with Crippen LogP contribution in [0.5, 0.6) is 0 Å². The van der Waals surface area contributed by atoms with Crippen molar-refractivity contribution >= 4 is 35.5 Å². The zero-order valence-electron chi connectivity index (χ0n) is 22.6. The third kappa shape index (κ3) is 4.59. The molecule has 38 heavy (non-hydrogen) atoms. The second-order valence-electron chi connectivity index (χ2n) is 10.6. The minimum absolute atomic E-state index is 0.00503. The number of likely N-dealkylation sites (tertiary alicyclic amines) is 1. The molecule has 1 aliphatic carbocycles. The summed E-state index contributed by atoms with van der Waals surface area (Å²) in [5.41, 5.74) is 4.18. The third-order valence-electron chi connectivity index (χ3n) is 7.68. The Bertz CT molecular complexity index is 1510. The van der Waals surface area contributed by atoms with Gasteiger partial charge >= 0.3 is 0 Å². The highest BCUT2D eigenvalue weighted by atomic mass is 16.2. The van der Waals surface area contributed by atoms with E-state index in [4.69, 9.17) is 4.98 Å². The number of aromatic nitrogens is 5. The molecule has 0 spiro atoms. The Kier molecular flexibility index (Phi) is 6.59. The fourth-order valence-electron chi connectivity index (χ4n) is 5.84. The van der Waals surface area contributed by atoms with Gasteiger partial charge in [0.2, 0.25) is 13.2 Å². The molecule has 0 radical (unpaired) electrons. The highest BCUT2D eigenvalue weighted by molar-refractivity contribution is 6.79. The maximum atomic E-state index is 13.8. The van der Waals surface area contributed by atoms with E-state index in [-0.39, 0.29) is 35.6 Å². The fraction of sp³-hybridized carbons (Fsp3) is 0.393. The third-order valence-corrected chi connectivity index (χ3v) is 7.68. The summed E-state index contributed by atoms with van der Waals surface area (Å²) < 4.78 is 1.64. The second-order valence-corrected chi connectivity index (χ2v) is 10.6. The largest absolute Gasteiger partial charge is 0.342 e. The molecule has 9 nitrogen and oxygen atoms in total. The van der Waals surface area contributed by atoms with Gasteiger partial charge in [0.05, 0.1) is 16.9 Å². The summed E-state index contributed by atoms with van der Waals surface area (Å²) in [5.74, 6) is 0.559. The molecule has 194 valence electrons. The van der Waals surface area contributed by atoms with Gasteiger partial charge in [-0.25, -0.2) is 9.97 Å². The predicted molar refractivity (Wildman–Crippen MR) is 149 cm³/mol. The average Bonchev–Trinajstić information content (AvgIpc) is 3.22. The van der Waals surface area contributed by atoms with Crippen molar-refractivity contribution in [1.29, 1.82) is 0 Å². The van der Waals surface area contributed by atoms with Crippen molar-refractivity contribution in [3.8, 4) is 11.3 Å². The molecule has 1 amide bonds. The number of hydrogen-bond acceptors (Lipinski definition) is 7. The lowest BCUT2D eigenvalue weighted by atomic mass is 9.62. The number of pyridine rings is 1. The number of rotatable bonds is 8. The number of amides is 1. The van der Waals surface area contributed by atoms with E-state index in [1.54, 1.807) is 23.3 Å². The van der Waals surface area contributed by atoms with Crippen LogP contribution in [0.2, 0.25) is 0 Å². The van der Waals surface area contributed by atoms with Gasteiger partial charge in [0.15, 0.2) is 5.78 Å². The molecule has 1 saturated heterocycles. The maximum absolute atomic E-state index is 13.8. The van der Waals surface area contributed by atoms with Crippen molar-refractivity contribution < 1.29 is 9.59 Å². The van der Waals surface area contributed by atoms with Crippen molar-refractivity contribution in [2.75, 3.05) is 0 Å². The molecule has 0 aromatic carbocycles. The molecule has 3 aromatic rings. The number of nitrogens with zero attached hydrogens (tertiary/aromatic N) is 7. The number of aryl methyl sites for hydroxylation is 2. The molecule has 2 aliphatic rings. The Balaban J connectivity index is 1.49. The van der Waals surface area contributed by atoms with Crippen molar-refractivity contribution in [2.24, 2.45) is 10.4 Å². The Morgan fingerprint density at radius 1 is 1.26 bits per heavy atom. The van der Waals surface area contributed by atoms with Crippen molar-refractivity contribution in [1.82, 2.24) is 29.6 Å². The first kappa shape index (κ1) is 25.7. The molecule has 3 aromatic heterocycles. The van der Waals surface area contributed by atoms with Crippen LogP contribution in [0.25, 0.3) is 22.2 Å². The van der Waals surface area contributed by atoms with E-state index in [2.05, 4.69) is 33.6 Å².